The largest absolute Gasteiger partial charge is 0.339 e. The highest BCUT2D eigenvalue weighted by Gasteiger charge is 2.51. The first-order valence-corrected chi connectivity index (χ1v) is 13.3. The van der Waals surface area contributed by atoms with Gasteiger partial charge in [0.15, 0.2) is 0 Å². The summed E-state index contributed by atoms with van der Waals surface area (Å²) in [7, 11) is 0. The van der Waals surface area contributed by atoms with Gasteiger partial charge in [-0.3, -0.25) is 0 Å². The molecule has 7 rings (SSSR count). The summed E-state index contributed by atoms with van der Waals surface area (Å²) in [6, 6.07) is 41.4. The standard InChI is InChI=1S/C36H31N/c1-23(2)37(27-20-24(3)19-25(4)21-27)26-17-18-31-30-13-7-10-16-34(30)36(35(31)22-26)32-14-8-5-11-28(32)29-12-6-9-15-33(29)36/h5-23H,1-4H3. The second-order valence-corrected chi connectivity index (χ2v) is 10.9. The molecule has 0 aliphatic heterocycles. The van der Waals surface area contributed by atoms with Crippen LogP contribution in [0.25, 0.3) is 22.3 Å². The van der Waals surface area contributed by atoms with Crippen LogP contribution >= 0.6 is 0 Å². The number of fused-ring (bicyclic) bond motifs is 10. The quantitative estimate of drug-likeness (QED) is 0.245. The van der Waals surface area contributed by atoms with E-state index in [1.807, 2.05) is 0 Å². The molecule has 180 valence electrons. The summed E-state index contributed by atoms with van der Waals surface area (Å²) in [5, 5.41) is 0. The molecule has 0 saturated carbocycles. The predicted octanol–water partition coefficient (Wildman–Crippen LogP) is 9.19. The van der Waals surface area contributed by atoms with Crippen molar-refractivity contribution in [2.45, 2.75) is 39.2 Å². The van der Waals surface area contributed by atoms with Crippen LogP contribution in [-0.2, 0) is 5.41 Å². The fraction of sp³-hybridized carbons (Fsp3) is 0.167. The highest BCUT2D eigenvalue weighted by molar-refractivity contribution is 5.95. The molecule has 2 aliphatic carbocycles. The third kappa shape index (κ3) is 2.98. The molecule has 0 fully saturated rings. The second-order valence-electron chi connectivity index (χ2n) is 10.9. The van der Waals surface area contributed by atoms with Crippen LogP contribution in [0.5, 0.6) is 0 Å². The summed E-state index contributed by atoms with van der Waals surface area (Å²) in [6.45, 7) is 8.95. The van der Waals surface area contributed by atoms with Gasteiger partial charge in [-0.25, -0.2) is 0 Å². The first kappa shape index (κ1) is 22.1. The molecule has 0 atom stereocenters. The van der Waals surface area contributed by atoms with E-state index in [9.17, 15) is 0 Å². The number of rotatable bonds is 3. The maximum atomic E-state index is 2.49. The molecule has 1 heteroatoms. The average molecular weight is 478 g/mol. The Labute approximate surface area is 220 Å². The lowest BCUT2D eigenvalue weighted by Crippen LogP contribution is -2.28. The molecule has 0 aromatic heterocycles. The molecule has 2 aliphatic rings. The van der Waals surface area contributed by atoms with Crippen molar-refractivity contribution >= 4 is 11.4 Å². The Bertz CT molecular complexity index is 1610. The van der Waals surface area contributed by atoms with E-state index >= 15 is 0 Å². The number of aryl methyl sites for hydroxylation is 2. The van der Waals surface area contributed by atoms with Gasteiger partial charge in [0.05, 0.1) is 5.41 Å². The van der Waals surface area contributed by atoms with Gasteiger partial charge in [0.2, 0.25) is 0 Å². The first-order valence-electron chi connectivity index (χ1n) is 13.3. The van der Waals surface area contributed by atoms with Crippen molar-refractivity contribution in [3.63, 3.8) is 0 Å². The highest BCUT2D eigenvalue weighted by atomic mass is 15.2. The topological polar surface area (TPSA) is 3.24 Å². The van der Waals surface area contributed by atoms with Crippen LogP contribution < -0.4 is 4.90 Å². The molecule has 0 radical (unpaired) electrons. The van der Waals surface area contributed by atoms with Gasteiger partial charge in [0.1, 0.15) is 0 Å². The minimum Gasteiger partial charge on any atom is -0.339 e. The molecule has 0 amide bonds. The van der Waals surface area contributed by atoms with Gasteiger partial charge in [-0.05, 0) is 108 Å². The Hall–Kier alpha value is -4.10. The normalized spacial score (nSPS) is 13.9. The highest BCUT2D eigenvalue weighted by Crippen LogP contribution is 2.63. The lowest BCUT2D eigenvalue weighted by atomic mass is 9.70. The summed E-state index contributed by atoms with van der Waals surface area (Å²) in [6.07, 6.45) is 0. The zero-order valence-electron chi connectivity index (χ0n) is 21.9. The minimum atomic E-state index is -0.305. The Morgan fingerprint density at radius 3 is 1.43 bits per heavy atom. The fourth-order valence-electron chi connectivity index (χ4n) is 7.07. The van der Waals surface area contributed by atoms with Crippen molar-refractivity contribution in [2.24, 2.45) is 0 Å². The molecule has 1 spiro atoms. The van der Waals surface area contributed by atoms with Gasteiger partial charge in [-0.15, -0.1) is 0 Å². The third-order valence-electron chi connectivity index (χ3n) is 8.26. The van der Waals surface area contributed by atoms with Gasteiger partial charge < -0.3 is 4.90 Å². The molecule has 0 bridgehead atoms. The second kappa shape index (κ2) is 7.95. The zero-order valence-corrected chi connectivity index (χ0v) is 21.9. The van der Waals surface area contributed by atoms with Crippen LogP contribution in [0.4, 0.5) is 11.4 Å². The van der Waals surface area contributed by atoms with E-state index < -0.39 is 0 Å². The Kier molecular flexibility index (Phi) is 4.75. The first-order chi connectivity index (χ1) is 18.0. The van der Waals surface area contributed by atoms with Crippen molar-refractivity contribution in [1.82, 2.24) is 0 Å². The van der Waals surface area contributed by atoms with Crippen LogP contribution in [0.1, 0.15) is 47.2 Å². The van der Waals surface area contributed by atoms with Gasteiger partial charge in [-0.1, -0.05) is 84.9 Å². The maximum Gasteiger partial charge on any atom is 0.0726 e. The van der Waals surface area contributed by atoms with Crippen molar-refractivity contribution in [2.75, 3.05) is 4.90 Å². The zero-order chi connectivity index (χ0) is 25.3. The minimum absolute atomic E-state index is 0.305. The van der Waals surface area contributed by atoms with Gasteiger partial charge >= 0.3 is 0 Å². The van der Waals surface area contributed by atoms with Gasteiger partial charge in [0.25, 0.3) is 0 Å². The number of hydrogen-bond acceptors (Lipinski definition) is 1. The van der Waals surface area contributed by atoms with E-state index in [1.54, 1.807) is 0 Å². The average Bonchev–Trinajstić information content (AvgIpc) is 3.35. The van der Waals surface area contributed by atoms with E-state index in [-0.39, 0.29) is 5.41 Å². The molecular formula is C36H31N. The number of benzene rings is 5. The summed E-state index contributed by atoms with van der Waals surface area (Å²) in [4.78, 5) is 2.49. The summed E-state index contributed by atoms with van der Waals surface area (Å²) in [5.41, 5.74) is 15.7. The molecule has 0 unspecified atom stereocenters. The molecular weight excluding hydrogens is 446 g/mol. The fourth-order valence-corrected chi connectivity index (χ4v) is 7.07. The number of nitrogens with zero attached hydrogens (tertiary/aromatic N) is 1. The van der Waals surface area contributed by atoms with Crippen molar-refractivity contribution in [1.29, 1.82) is 0 Å². The third-order valence-corrected chi connectivity index (χ3v) is 8.26. The van der Waals surface area contributed by atoms with E-state index in [0.29, 0.717) is 6.04 Å². The SMILES string of the molecule is Cc1cc(C)cc(N(c2ccc3c(c2)C2(c4ccccc4-c4ccccc42)c2ccccc2-3)C(C)C)c1. The van der Waals surface area contributed by atoms with E-state index in [2.05, 4.69) is 142 Å². The van der Waals surface area contributed by atoms with E-state index in [4.69, 9.17) is 0 Å². The van der Waals surface area contributed by atoms with Crippen molar-refractivity contribution in [3.05, 3.63) is 143 Å². The predicted molar refractivity (Wildman–Crippen MR) is 156 cm³/mol. The van der Waals surface area contributed by atoms with Crippen LogP contribution in [0.15, 0.2) is 109 Å². The van der Waals surface area contributed by atoms with Crippen molar-refractivity contribution < 1.29 is 0 Å². The molecule has 0 N–H and O–H groups in total. The number of anilines is 2. The number of hydrogen-bond donors (Lipinski definition) is 0. The molecule has 0 heterocycles. The molecule has 37 heavy (non-hydrogen) atoms. The Morgan fingerprint density at radius 2 is 0.946 bits per heavy atom. The monoisotopic (exact) mass is 477 g/mol. The van der Waals surface area contributed by atoms with Crippen LogP contribution in [0, 0.1) is 13.8 Å². The van der Waals surface area contributed by atoms with E-state index in [0.717, 1.165) is 0 Å². The van der Waals surface area contributed by atoms with Gasteiger partial charge in [-0.2, -0.15) is 0 Å². The molecule has 0 saturated heterocycles. The van der Waals surface area contributed by atoms with Crippen LogP contribution in [-0.4, -0.2) is 6.04 Å². The molecule has 5 aromatic carbocycles. The molecule has 5 aromatic rings. The Balaban J connectivity index is 1.55. The van der Waals surface area contributed by atoms with Crippen LogP contribution in [0.2, 0.25) is 0 Å². The lowest BCUT2D eigenvalue weighted by Gasteiger charge is -2.33. The summed E-state index contributed by atoms with van der Waals surface area (Å²) >= 11 is 0. The lowest BCUT2D eigenvalue weighted by molar-refractivity contribution is 0.775. The summed E-state index contributed by atoms with van der Waals surface area (Å²) < 4.78 is 0. The Morgan fingerprint density at radius 1 is 0.486 bits per heavy atom. The maximum absolute atomic E-state index is 2.49. The molecule has 1 nitrogen and oxygen atoms in total. The van der Waals surface area contributed by atoms with Crippen molar-refractivity contribution in [3.8, 4) is 22.3 Å². The smallest absolute Gasteiger partial charge is 0.0726 e. The van der Waals surface area contributed by atoms with Gasteiger partial charge in [0, 0.05) is 17.4 Å². The summed E-state index contributed by atoms with van der Waals surface area (Å²) in [5.74, 6) is 0. The van der Waals surface area contributed by atoms with E-state index in [1.165, 1.54) is 67.0 Å². The van der Waals surface area contributed by atoms with Crippen LogP contribution in [0.3, 0.4) is 0 Å².